The summed E-state index contributed by atoms with van der Waals surface area (Å²) in [6, 6.07) is 5.24. The maximum Gasteiger partial charge on any atom is 0.343 e. The van der Waals surface area contributed by atoms with Crippen molar-refractivity contribution >= 4 is 28.6 Å². The fraction of sp³-hybridized carbons (Fsp3) is 0.353. The first-order chi connectivity index (χ1) is 11.5. The Balaban J connectivity index is 2.73. The number of nitrogens with zero attached hydrogens (tertiary/aromatic N) is 1. The summed E-state index contributed by atoms with van der Waals surface area (Å²) in [5.74, 6) is -1.99. The van der Waals surface area contributed by atoms with E-state index in [9.17, 15) is 14.4 Å². The highest BCUT2D eigenvalue weighted by Crippen LogP contribution is 2.34. The Morgan fingerprint density at radius 3 is 2.46 bits per heavy atom. The third-order valence-corrected chi connectivity index (χ3v) is 3.83. The Kier molecular flexibility index (Phi) is 5.23. The lowest BCUT2D eigenvalue weighted by molar-refractivity contribution is -0.142. The van der Waals surface area contributed by atoms with E-state index in [1.807, 2.05) is 24.5 Å². The maximum atomic E-state index is 12.4. The molecule has 0 aliphatic rings. The summed E-state index contributed by atoms with van der Waals surface area (Å²) >= 11 is 0. The molecule has 0 saturated carbocycles. The summed E-state index contributed by atoms with van der Waals surface area (Å²) in [7, 11) is 1.26. The number of ether oxygens (including phenoxy) is 2. The summed E-state index contributed by atoms with van der Waals surface area (Å²) in [6.07, 6.45) is 0.549. The van der Waals surface area contributed by atoms with Gasteiger partial charge in [0.15, 0.2) is 6.61 Å². The first kappa shape index (κ1) is 17.5. The molecule has 128 valence electrons. The van der Waals surface area contributed by atoms with Gasteiger partial charge in [0.1, 0.15) is 5.75 Å². The SMILES string of the molecule is CCc1c(C(=O)C(N)=O)c2c(OCC(=O)OC)cccc2n1CC. The van der Waals surface area contributed by atoms with Crippen LogP contribution in [0.15, 0.2) is 18.2 Å². The number of rotatable bonds is 7. The number of primary amides is 1. The molecule has 0 spiro atoms. The Labute approximate surface area is 139 Å². The van der Waals surface area contributed by atoms with E-state index in [-0.39, 0.29) is 12.2 Å². The summed E-state index contributed by atoms with van der Waals surface area (Å²) in [5.41, 5.74) is 6.92. The average Bonchev–Trinajstić information content (AvgIpc) is 2.92. The highest BCUT2D eigenvalue weighted by Gasteiger charge is 2.26. The molecular weight excluding hydrogens is 312 g/mol. The van der Waals surface area contributed by atoms with E-state index in [0.717, 1.165) is 5.52 Å². The fourth-order valence-corrected chi connectivity index (χ4v) is 2.83. The standard InChI is InChI=1S/C17H20N2O5/c1-4-10-15(16(21)17(18)22)14-11(19(10)5-2)7-6-8-12(14)24-9-13(20)23-3/h6-8H,4-5,9H2,1-3H3,(H2,18,22). The number of methoxy groups -OCH3 is 1. The first-order valence-electron chi connectivity index (χ1n) is 7.63. The van der Waals surface area contributed by atoms with Crippen molar-refractivity contribution < 1.29 is 23.9 Å². The van der Waals surface area contributed by atoms with Crippen LogP contribution in [0.4, 0.5) is 0 Å². The number of Topliss-reactive ketones (excluding diaryl/α,β-unsaturated/α-hetero) is 1. The van der Waals surface area contributed by atoms with Crippen LogP contribution in [0.1, 0.15) is 29.9 Å². The molecule has 0 fully saturated rings. The van der Waals surface area contributed by atoms with Gasteiger partial charge in [0.25, 0.3) is 11.7 Å². The number of carbonyl (C=O) groups excluding carboxylic acids is 3. The molecule has 1 amide bonds. The fourth-order valence-electron chi connectivity index (χ4n) is 2.83. The Morgan fingerprint density at radius 2 is 1.92 bits per heavy atom. The monoisotopic (exact) mass is 332 g/mol. The smallest absolute Gasteiger partial charge is 0.343 e. The predicted octanol–water partition coefficient (Wildman–Crippen LogP) is 1.44. The van der Waals surface area contributed by atoms with Crippen molar-refractivity contribution in [1.29, 1.82) is 0 Å². The lowest BCUT2D eigenvalue weighted by Gasteiger charge is -2.08. The van der Waals surface area contributed by atoms with Gasteiger partial charge in [-0.2, -0.15) is 0 Å². The van der Waals surface area contributed by atoms with E-state index in [4.69, 9.17) is 10.5 Å². The van der Waals surface area contributed by atoms with Gasteiger partial charge in [-0.15, -0.1) is 0 Å². The van der Waals surface area contributed by atoms with E-state index < -0.39 is 17.7 Å². The van der Waals surface area contributed by atoms with Crippen molar-refractivity contribution in [2.24, 2.45) is 5.73 Å². The zero-order valence-corrected chi connectivity index (χ0v) is 13.9. The van der Waals surface area contributed by atoms with E-state index in [2.05, 4.69) is 4.74 Å². The molecule has 0 radical (unpaired) electrons. The summed E-state index contributed by atoms with van der Waals surface area (Å²) in [6.45, 7) is 4.16. The quantitative estimate of drug-likeness (QED) is 0.470. The largest absolute Gasteiger partial charge is 0.481 e. The van der Waals surface area contributed by atoms with Crippen LogP contribution in [0.25, 0.3) is 10.9 Å². The number of fused-ring (bicyclic) bond motifs is 1. The molecule has 0 aliphatic heterocycles. The van der Waals surface area contributed by atoms with Crippen LogP contribution < -0.4 is 10.5 Å². The molecule has 2 rings (SSSR count). The van der Waals surface area contributed by atoms with Crippen LogP contribution in [0.2, 0.25) is 0 Å². The molecule has 2 aromatic rings. The van der Waals surface area contributed by atoms with Crippen LogP contribution >= 0.6 is 0 Å². The highest BCUT2D eigenvalue weighted by molar-refractivity contribution is 6.45. The summed E-state index contributed by atoms with van der Waals surface area (Å²) < 4.78 is 12.0. The second-order valence-electron chi connectivity index (χ2n) is 5.13. The molecular formula is C17H20N2O5. The maximum absolute atomic E-state index is 12.4. The molecule has 24 heavy (non-hydrogen) atoms. The van der Waals surface area contributed by atoms with Crippen molar-refractivity contribution in [3.8, 4) is 5.75 Å². The van der Waals surface area contributed by atoms with Crippen LogP contribution in [0, 0.1) is 0 Å². The van der Waals surface area contributed by atoms with Crippen molar-refractivity contribution in [2.45, 2.75) is 26.8 Å². The Morgan fingerprint density at radius 1 is 1.21 bits per heavy atom. The van der Waals surface area contributed by atoms with E-state index in [1.165, 1.54) is 7.11 Å². The van der Waals surface area contributed by atoms with Crippen LogP contribution in [-0.4, -0.2) is 35.9 Å². The average molecular weight is 332 g/mol. The van der Waals surface area contributed by atoms with Gasteiger partial charge in [-0.3, -0.25) is 9.59 Å². The number of aryl methyl sites for hydroxylation is 1. The second kappa shape index (κ2) is 7.16. The number of hydrogen-bond donors (Lipinski definition) is 1. The van der Waals surface area contributed by atoms with Gasteiger partial charge in [-0.05, 0) is 25.5 Å². The molecule has 1 aromatic carbocycles. The molecule has 1 heterocycles. The van der Waals surface area contributed by atoms with Gasteiger partial charge in [0.2, 0.25) is 0 Å². The molecule has 1 aromatic heterocycles. The van der Waals surface area contributed by atoms with Gasteiger partial charge < -0.3 is 19.8 Å². The molecule has 7 nitrogen and oxygen atoms in total. The van der Waals surface area contributed by atoms with Crippen molar-refractivity contribution in [3.05, 3.63) is 29.5 Å². The molecule has 0 unspecified atom stereocenters. The highest BCUT2D eigenvalue weighted by atomic mass is 16.6. The zero-order chi connectivity index (χ0) is 17.9. The molecule has 0 saturated heterocycles. The normalized spacial score (nSPS) is 10.6. The summed E-state index contributed by atoms with van der Waals surface area (Å²) in [4.78, 5) is 35.2. The van der Waals surface area contributed by atoms with Crippen LogP contribution in [-0.2, 0) is 27.3 Å². The number of amides is 1. The minimum absolute atomic E-state index is 0.238. The predicted molar refractivity (Wildman–Crippen MR) is 88.0 cm³/mol. The first-order valence-corrected chi connectivity index (χ1v) is 7.63. The third-order valence-electron chi connectivity index (χ3n) is 3.83. The molecule has 0 bridgehead atoms. The third kappa shape index (κ3) is 2.97. The molecule has 0 aliphatic carbocycles. The van der Waals surface area contributed by atoms with Crippen molar-refractivity contribution in [1.82, 2.24) is 4.57 Å². The number of ketones is 1. The molecule has 7 heteroatoms. The number of aromatic nitrogens is 1. The van der Waals surface area contributed by atoms with Gasteiger partial charge >= 0.3 is 5.97 Å². The van der Waals surface area contributed by atoms with Crippen molar-refractivity contribution in [3.63, 3.8) is 0 Å². The minimum Gasteiger partial charge on any atom is -0.481 e. The van der Waals surface area contributed by atoms with E-state index in [0.29, 0.717) is 29.8 Å². The lowest BCUT2D eigenvalue weighted by Crippen LogP contribution is -2.24. The van der Waals surface area contributed by atoms with Gasteiger partial charge in [-0.25, -0.2) is 4.79 Å². The van der Waals surface area contributed by atoms with Gasteiger partial charge in [0, 0.05) is 12.2 Å². The number of carbonyl (C=O) groups is 3. The number of benzene rings is 1. The topological polar surface area (TPSA) is 101 Å². The zero-order valence-electron chi connectivity index (χ0n) is 13.9. The number of esters is 1. The van der Waals surface area contributed by atoms with E-state index >= 15 is 0 Å². The number of nitrogens with two attached hydrogens (primary N) is 1. The van der Waals surface area contributed by atoms with Crippen LogP contribution in [0.5, 0.6) is 5.75 Å². The molecule has 0 atom stereocenters. The Bertz CT molecular complexity index is 807. The van der Waals surface area contributed by atoms with Crippen LogP contribution in [0.3, 0.4) is 0 Å². The Hall–Kier alpha value is -2.83. The second-order valence-corrected chi connectivity index (χ2v) is 5.13. The minimum atomic E-state index is -1.03. The number of hydrogen-bond acceptors (Lipinski definition) is 5. The summed E-state index contributed by atoms with van der Waals surface area (Å²) in [5, 5.41) is 0.490. The van der Waals surface area contributed by atoms with E-state index in [1.54, 1.807) is 12.1 Å². The van der Waals surface area contributed by atoms with Gasteiger partial charge in [0.05, 0.1) is 23.6 Å². The molecule has 2 N–H and O–H groups in total. The van der Waals surface area contributed by atoms with Crippen molar-refractivity contribution in [2.75, 3.05) is 13.7 Å². The van der Waals surface area contributed by atoms with Gasteiger partial charge in [-0.1, -0.05) is 13.0 Å². The lowest BCUT2D eigenvalue weighted by atomic mass is 10.0.